The van der Waals surface area contributed by atoms with Crippen molar-refractivity contribution in [2.75, 3.05) is 13.1 Å². The van der Waals surface area contributed by atoms with Gasteiger partial charge >= 0.3 is 0 Å². The van der Waals surface area contributed by atoms with Gasteiger partial charge in [0.05, 0.1) is 3.57 Å². The minimum atomic E-state index is -0.201. The highest BCUT2D eigenvalue weighted by atomic mass is 127. The normalized spacial score (nSPS) is 16.6. The molecule has 0 unspecified atom stereocenters. The monoisotopic (exact) mass is 396 g/mol. The van der Waals surface area contributed by atoms with Crippen molar-refractivity contribution in [1.29, 1.82) is 5.26 Å². The van der Waals surface area contributed by atoms with Crippen LogP contribution in [0.2, 0.25) is 0 Å². The summed E-state index contributed by atoms with van der Waals surface area (Å²) in [5, 5.41) is 18.8. The summed E-state index contributed by atoms with van der Waals surface area (Å²) in [5.74, 6) is 0.636. The number of phenols is 1. The number of phenolic OH excluding ortho intramolecular Hbond substituents is 1. The SMILES string of the molecule is CC1CCN(C(=O)C(C#N)=Cc2ccc(O)c(I)c2)CC1. The molecule has 0 spiro atoms. The maximum atomic E-state index is 12.4. The molecule has 5 heteroatoms. The van der Waals surface area contributed by atoms with Crippen LogP contribution in [0.1, 0.15) is 25.3 Å². The Bertz CT molecular complexity index is 611. The zero-order valence-electron chi connectivity index (χ0n) is 11.8. The number of halogens is 1. The second-order valence-corrected chi connectivity index (χ2v) is 6.52. The number of hydrogen-bond acceptors (Lipinski definition) is 3. The molecule has 1 aliphatic heterocycles. The molecule has 0 aromatic heterocycles. The van der Waals surface area contributed by atoms with E-state index in [2.05, 4.69) is 6.92 Å². The van der Waals surface area contributed by atoms with Gasteiger partial charge in [0.25, 0.3) is 5.91 Å². The summed E-state index contributed by atoms with van der Waals surface area (Å²) in [5.41, 5.74) is 0.888. The van der Waals surface area contributed by atoms with E-state index in [0.29, 0.717) is 22.6 Å². The third-order valence-corrected chi connectivity index (χ3v) is 4.57. The van der Waals surface area contributed by atoms with Gasteiger partial charge < -0.3 is 10.0 Å². The molecule has 1 saturated heterocycles. The third kappa shape index (κ3) is 3.97. The lowest BCUT2D eigenvalue weighted by Gasteiger charge is -2.30. The van der Waals surface area contributed by atoms with E-state index in [9.17, 15) is 15.2 Å². The van der Waals surface area contributed by atoms with Gasteiger partial charge in [0.2, 0.25) is 0 Å². The summed E-state index contributed by atoms with van der Waals surface area (Å²) >= 11 is 2.01. The fourth-order valence-electron chi connectivity index (χ4n) is 2.30. The fraction of sp³-hybridized carbons (Fsp3) is 0.375. The lowest BCUT2D eigenvalue weighted by molar-refractivity contribution is -0.127. The lowest BCUT2D eigenvalue weighted by Crippen LogP contribution is -2.38. The van der Waals surface area contributed by atoms with Gasteiger partial charge in [-0.25, -0.2) is 0 Å². The number of hydrogen-bond donors (Lipinski definition) is 1. The molecule has 110 valence electrons. The van der Waals surface area contributed by atoms with Gasteiger partial charge in [-0.3, -0.25) is 4.79 Å². The molecule has 1 fully saturated rings. The van der Waals surface area contributed by atoms with Crippen molar-refractivity contribution in [3.63, 3.8) is 0 Å². The van der Waals surface area contributed by atoms with Crippen LogP contribution in [0.25, 0.3) is 6.08 Å². The van der Waals surface area contributed by atoms with Crippen LogP contribution in [-0.4, -0.2) is 29.0 Å². The molecular formula is C16H17IN2O2. The molecular weight excluding hydrogens is 379 g/mol. The number of rotatable bonds is 2. The first-order valence-corrected chi connectivity index (χ1v) is 7.98. The lowest BCUT2D eigenvalue weighted by atomic mass is 9.98. The van der Waals surface area contributed by atoms with E-state index in [0.717, 1.165) is 18.4 Å². The van der Waals surface area contributed by atoms with Crippen molar-refractivity contribution in [2.45, 2.75) is 19.8 Å². The molecule has 4 nitrogen and oxygen atoms in total. The van der Waals surface area contributed by atoms with E-state index >= 15 is 0 Å². The average molecular weight is 396 g/mol. The third-order valence-electron chi connectivity index (χ3n) is 3.70. The van der Waals surface area contributed by atoms with E-state index in [-0.39, 0.29) is 17.2 Å². The van der Waals surface area contributed by atoms with Crippen molar-refractivity contribution in [3.8, 4) is 11.8 Å². The second kappa shape index (κ2) is 6.94. The number of aromatic hydroxyl groups is 1. The predicted octanol–water partition coefficient (Wildman–Crippen LogP) is 3.16. The Morgan fingerprint density at radius 2 is 2.14 bits per heavy atom. The summed E-state index contributed by atoms with van der Waals surface area (Å²) in [6.45, 7) is 3.61. The maximum absolute atomic E-state index is 12.4. The average Bonchev–Trinajstić information content (AvgIpc) is 2.48. The van der Waals surface area contributed by atoms with Gasteiger partial charge in [0, 0.05) is 13.1 Å². The number of piperidine rings is 1. The minimum absolute atomic E-state index is 0.144. The highest BCUT2D eigenvalue weighted by molar-refractivity contribution is 14.1. The summed E-state index contributed by atoms with van der Waals surface area (Å²) < 4.78 is 0.692. The molecule has 1 aliphatic rings. The van der Waals surface area contributed by atoms with Crippen molar-refractivity contribution in [1.82, 2.24) is 4.90 Å². The number of likely N-dealkylation sites (tertiary alicyclic amines) is 1. The predicted molar refractivity (Wildman–Crippen MR) is 89.4 cm³/mol. The molecule has 1 aromatic rings. The quantitative estimate of drug-likeness (QED) is 0.475. The van der Waals surface area contributed by atoms with Crippen LogP contribution >= 0.6 is 22.6 Å². The smallest absolute Gasteiger partial charge is 0.264 e. The molecule has 1 N–H and O–H groups in total. The topological polar surface area (TPSA) is 64.3 Å². The van der Waals surface area contributed by atoms with Gasteiger partial charge in [-0.1, -0.05) is 13.0 Å². The Labute approximate surface area is 138 Å². The molecule has 0 bridgehead atoms. The van der Waals surface area contributed by atoms with Crippen molar-refractivity contribution < 1.29 is 9.90 Å². The molecule has 0 saturated carbocycles. The zero-order chi connectivity index (χ0) is 15.4. The van der Waals surface area contributed by atoms with Crippen LogP contribution in [0.5, 0.6) is 5.75 Å². The minimum Gasteiger partial charge on any atom is -0.507 e. The van der Waals surface area contributed by atoms with Crippen LogP contribution in [0.3, 0.4) is 0 Å². The van der Waals surface area contributed by atoms with Crippen molar-refractivity contribution >= 4 is 34.6 Å². The Morgan fingerprint density at radius 3 is 2.71 bits per heavy atom. The van der Waals surface area contributed by atoms with Crippen molar-refractivity contribution in [3.05, 3.63) is 32.9 Å². The second-order valence-electron chi connectivity index (χ2n) is 5.36. The largest absolute Gasteiger partial charge is 0.507 e. The molecule has 1 heterocycles. The number of nitriles is 1. The van der Waals surface area contributed by atoms with Crippen LogP contribution in [-0.2, 0) is 4.79 Å². The van der Waals surface area contributed by atoms with Crippen LogP contribution in [0.15, 0.2) is 23.8 Å². The first kappa shape index (κ1) is 15.8. The number of amides is 1. The Morgan fingerprint density at radius 1 is 1.48 bits per heavy atom. The van der Waals surface area contributed by atoms with E-state index in [4.69, 9.17) is 0 Å². The number of carbonyl (C=O) groups excluding carboxylic acids is 1. The molecule has 2 rings (SSSR count). The molecule has 21 heavy (non-hydrogen) atoms. The van der Waals surface area contributed by atoms with E-state index in [1.165, 1.54) is 0 Å². The molecule has 1 amide bonds. The Kier molecular flexibility index (Phi) is 5.23. The van der Waals surface area contributed by atoms with Crippen molar-refractivity contribution in [2.24, 2.45) is 5.92 Å². The molecule has 1 aromatic carbocycles. The summed E-state index contributed by atoms with van der Waals surface area (Å²) in [6.07, 6.45) is 3.56. The maximum Gasteiger partial charge on any atom is 0.264 e. The van der Waals surface area contributed by atoms with Gasteiger partial charge in [-0.15, -0.1) is 0 Å². The highest BCUT2D eigenvalue weighted by Crippen LogP contribution is 2.22. The fourth-order valence-corrected chi connectivity index (χ4v) is 2.84. The van der Waals surface area contributed by atoms with E-state index in [1.54, 1.807) is 29.2 Å². The van der Waals surface area contributed by atoms with Gasteiger partial charge in [0.15, 0.2) is 0 Å². The number of nitrogens with zero attached hydrogens (tertiary/aromatic N) is 2. The van der Waals surface area contributed by atoms with E-state index in [1.807, 2.05) is 28.7 Å². The number of benzene rings is 1. The Hall–Kier alpha value is -1.55. The summed E-state index contributed by atoms with van der Waals surface area (Å²) in [7, 11) is 0. The van der Waals surface area contributed by atoms with Gasteiger partial charge in [-0.2, -0.15) is 5.26 Å². The van der Waals surface area contributed by atoms with Gasteiger partial charge in [-0.05, 0) is 65.1 Å². The molecule has 0 atom stereocenters. The first-order chi connectivity index (χ1) is 10.0. The molecule has 0 aliphatic carbocycles. The van der Waals surface area contributed by atoms with Crippen LogP contribution < -0.4 is 0 Å². The van der Waals surface area contributed by atoms with Crippen LogP contribution in [0.4, 0.5) is 0 Å². The standard InChI is InChI=1S/C16H17IN2O2/c1-11-4-6-19(7-5-11)16(21)13(10-18)8-12-2-3-15(20)14(17)9-12/h2-3,8-9,11,20H,4-7H2,1H3. The van der Waals surface area contributed by atoms with E-state index < -0.39 is 0 Å². The first-order valence-electron chi connectivity index (χ1n) is 6.91. The van der Waals surface area contributed by atoms with Crippen LogP contribution in [0, 0.1) is 20.8 Å². The molecule has 0 radical (unpaired) electrons. The number of carbonyl (C=O) groups is 1. The highest BCUT2D eigenvalue weighted by Gasteiger charge is 2.22. The Balaban J connectivity index is 2.18. The zero-order valence-corrected chi connectivity index (χ0v) is 14.0. The van der Waals surface area contributed by atoms with Gasteiger partial charge in [0.1, 0.15) is 17.4 Å². The summed E-state index contributed by atoms with van der Waals surface area (Å²) in [4.78, 5) is 14.1. The summed E-state index contributed by atoms with van der Waals surface area (Å²) in [6, 6.07) is 7.01.